The van der Waals surface area contributed by atoms with Crippen LogP contribution in [0.5, 0.6) is 0 Å². The maximum atomic E-state index is 3.72. The van der Waals surface area contributed by atoms with Crippen molar-refractivity contribution in [2.75, 3.05) is 10.6 Å². The van der Waals surface area contributed by atoms with Crippen LogP contribution in [-0.4, -0.2) is 0 Å². The summed E-state index contributed by atoms with van der Waals surface area (Å²) in [4.78, 5) is 0. The highest BCUT2D eigenvalue weighted by Gasteiger charge is 2.40. The summed E-state index contributed by atoms with van der Waals surface area (Å²) in [5.41, 5.74) is 28.6. The molecule has 106 heavy (non-hydrogen) atoms. The zero-order valence-corrected chi connectivity index (χ0v) is 58.8. The summed E-state index contributed by atoms with van der Waals surface area (Å²) < 4.78 is 0. The standard InChI is InChI=1S/C104H76N2/c1-7-23-81(24-8-1)87-43-55-93(56-44-87)103(94-57-45-88(46-58-94)82-25-9-2-10-26-82,95-59-47-89(48-60-95)83-27-11-3-12-28-83)99-67-71-101(72-68-99)105-75-79-39-35-77(36-40-79)21-19-20-22-78-37-41-80(42-38-78)76-106-102-73-69-100(70-74-102)104(96-61-49-90(50-62-96)84-29-13-4-14-30-84,97-63-51-91(52-64-97)85-31-15-5-16-32-85)98-65-53-92(54-66-98)86-33-17-6-18-34-86/h1-18,23-74,105-106H,75-76H2. The van der Waals surface area contributed by atoms with Crippen LogP contribution in [0.1, 0.15) is 66.8 Å². The molecule has 16 rings (SSSR count). The second-order valence-electron chi connectivity index (χ2n) is 26.9. The average Bonchev–Trinajstić information content (AvgIpc) is 0.735. The van der Waals surface area contributed by atoms with Gasteiger partial charge in [-0.1, -0.05) is 388 Å². The van der Waals surface area contributed by atoms with E-state index in [0.29, 0.717) is 13.1 Å². The van der Waals surface area contributed by atoms with Crippen molar-refractivity contribution in [3.8, 4) is 90.4 Å². The third-order valence-electron chi connectivity index (χ3n) is 20.6. The molecule has 0 bridgehead atoms. The number of benzene rings is 16. The number of rotatable bonds is 20. The van der Waals surface area contributed by atoms with Gasteiger partial charge in [-0.25, -0.2) is 0 Å². The first-order valence-electron chi connectivity index (χ1n) is 36.3. The van der Waals surface area contributed by atoms with Gasteiger partial charge in [-0.2, -0.15) is 0 Å². The lowest BCUT2D eigenvalue weighted by Gasteiger charge is -2.37. The molecule has 0 heterocycles. The van der Waals surface area contributed by atoms with Gasteiger partial charge >= 0.3 is 0 Å². The van der Waals surface area contributed by atoms with E-state index in [1.807, 2.05) is 0 Å². The number of anilines is 2. The molecule has 0 aliphatic rings. The van der Waals surface area contributed by atoms with Gasteiger partial charge in [-0.3, -0.25) is 0 Å². The monoisotopic (exact) mass is 1350 g/mol. The molecule has 0 atom stereocenters. The summed E-state index contributed by atoms with van der Waals surface area (Å²) in [5, 5.41) is 7.44. The second kappa shape index (κ2) is 31.2. The molecule has 0 aliphatic heterocycles. The molecule has 0 amide bonds. The minimum absolute atomic E-state index is 0.655. The van der Waals surface area contributed by atoms with E-state index in [1.54, 1.807) is 0 Å². The second-order valence-corrected chi connectivity index (χ2v) is 26.9. The maximum absolute atomic E-state index is 3.72. The highest BCUT2D eigenvalue weighted by atomic mass is 14.9. The molecule has 2 heteroatoms. The van der Waals surface area contributed by atoms with Gasteiger partial charge in [-0.15, -0.1) is 0 Å². The van der Waals surface area contributed by atoms with E-state index in [0.717, 1.165) is 33.6 Å². The molecule has 2 N–H and O–H groups in total. The average molecular weight is 1350 g/mol. The fourth-order valence-electron chi connectivity index (χ4n) is 15.0. The van der Waals surface area contributed by atoms with Gasteiger partial charge in [0.1, 0.15) is 0 Å². The molecular weight excluding hydrogens is 1280 g/mol. The van der Waals surface area contributed by atoms with E-state index < -0.39 is 10.8 Å². The lowest BCUT2D eigenvalue weighted by Crippen LogP contribution is -2.31. The Morgan fingerprint density at radius 1 is 0.170 bits per heavy atom. The van der Waals surface area contributed by atoms with E-state index in [1.165, 1.54) is 111 Å². The molecule has 0 aromatic heterocycles. The molecule has 2 nitrogen and oxygen atoms in total. The van der Waals surface area contributed by atoms with Gasteiger partial charge < -0.3 is 10.6 Å². The molecule has 16 aromatic rings. The lowest BCUT2D eigenvalue weighted by molar-refractivity contribution is 0.745. The lowest BCUT2D eigenvalue weighted by atomic mass is 9.64. The molecule has 0 saturated carbocycles. The largest absolute Gasteiger partial charge is 0.381 e. The van der Waals surface area contributed by atoms with Crippen LogP contribution >= 0.6 is 0 Å². The molecule has 16 aromatic carbocycles. The molecule has 0 fully saturated rings. The molecular formula is C104H76N2. The minimum Gasteiger partial charge on any atom is -0.381 e. The molecule has 0 spiro atoms. The molecule has 0 saturated heterocycles. The predicted molar refractivity (Wildman–Crippen MR) is 443 cm³/mol. The summed E-state index contributed by atoms with van der Waals surface area (Å²) in [6.45, 7) is 1.31. The Hall–Kier alpha value is -13.8. The Morgan fingerprint density at radius 3 is 0.528 bits per heavy atom. The van der Waals surface area contributed by atoms with Crippen molar-refractivity contribution < 1.29 is 0 Å². The quantitative estimate of drug-likeness (QED) is 0.0587. The van der Waals surface area contributed by atoms with Crippen LogP contribution in [0.3, 0.4) is 0 Å². The van der Waals surface area contributed by atoms with E-state index in [-0.39, 0.29) is 0 Å². The summed E-state index contributed by atoms with van der Waals surface area (Å²) in [6, 6.07) is 154. The zero-order chi connectivity index (χ0) is 71.2. The van der Waals surface area contributed by atoms with Gasteiger partial charge in [0.2, 0.25) is 0 Å². The predicted octanol–water partition coefficient (Wildman–Crippen LogP) is 25.1. The summed E-state index contributed by atoms with van der Waals surface area (Å²) >= 11 is 0. The topological polar surface area (TPSA) is 24.1 Å². The van der Waals surface area contributed by atoms with Crippen molar-refractivity contribution in [3.05, 3.63) is 491 Å². The third kappa shape index (κ3) is 14.4. The van der Waals surface area contributed by atoms with Crippen molar-refractivity contribution >= 4 is 11.4 Å². The van der Waals surface area contributed by atoms with Gasteiger partial charge in [0.15, 0.2) is 0 Å². The molecule has 0 radical (unpaired) electrons. The SMILES string of the molecule is C(C#Cc1ccc(CNc2ccc(C(c3ccc(-c4ccccc4)cc3)(c3ccc(-c4ccccc4)cc3)c3ccc(-c4ccccc4)cc3)cc2)cc1)#Cc1ccc(CNc2ccc(C(c3ccc(-c4ccccc4)cc3)(c3ccc(-c4ccccc4)cc3)c3ccc(-c4ccccc4)cc3)cc2)cc1. The number of hydrogen-bond acceptors (Lipinski definition) is 2. The first-order valence-corrected chi connectivity index (χ1v) is 36.3. The van der Waals surface area contributed by atoms with Gasteiger partial charge in [0.25, 0.3) is 0 Å². The fourth-order valence-corrected chi connectivity index (χ4v) is 15.0. The van der Waals surface area contributed by atoms with Crippen LogP contribution in [0.25, 0.3) is 66.8 Å². The van der Waals surface area contributed by atoms with Crippen molar-refractivity contribution in [1.29, 1.82) is 0 Å². The van der Waals surface area contributed by atoms with Crippen LogP contribution in [0.4, 0.5) is 11.4 Å². The Morgan fingerprint density at radius 2 is 0.340 bits per heavy atom. The Balaban J connectivity index is 0.603. The van der Waals surface area contributed by atoms with E-state index >= 15 is 0 Å². The normalized spacial score (nSPS) is 11.1. The van der Waals surface area contributed by atoms with Crippen molar-refractivity contribution in [2.45, 2.75) is 23.9 Å². The van der Waals surface area contributed by atoms with Crippen LogP contribution in [0, 0.1) is 23.7 Å². The van der Waals surface area contributed by atoms with Crippen LogP contribution < -0.4 is 10.6 Å². The summed E-state index contributed by atoms with van der Waals surface area (Å²) in [5.74, 6) is 12.8. The van der Waals surface area contributed by atoms with Gasteiger partial charge in [0, 0.05) is 35.6 Å². The molecule has 0 unspecified atom stereocenters. The molecule has 0 aliphatic carbocycles. The summed E-state index contributed by atoms with van der Waals surface area (Å²) in [6.07, 6.45) is 0. The zero-order valence-electron chi connectivity index (χ0n) is 58.8. The third-order valence-corrected chi connectivity index (χ3v) is 20.6. The van der Waals surface area contributed by atoms with Crippen LogP contribution in [0.2, 0.25) is 0 Å². The van der Waals surface area contributed by atoms with E-state index in [2.05, 4.69) is 459 Å². The van der Waals surface area contributed by atoms with Crippen molar-refractivity contribution in [2.24, 2.45) is 0 Å². The number of nitrogens with one attached hydrogen (secondary N) is 2. The first-order chi connectivity index (χ1) is 52.5. The fraction of sp³-hybridized carbons (Fsp3) is 0.0385. The highest BCUT2D eigenvalue weighted by Crippen LogP contribution is 2.49. The smallest absolute Gasteiger partial charge is 0.0701 e. The van der Waals surface area contributed by atoms with Crippen LogP contribution in [-0.2, 0) is 23.9 Å². The van der Waals surface area contributed by atoms with Crippen LogP contribution in [0.15, 0.2) is 425 Å². The Bertz CT molecular complexity index is 4910. The maximum Gasteiger partial charge on any atom is 0.0701 e. The Kier molecular flexibility index (Phi) is 19.7. The molecule has 502 valence electrons. The van der Waals surface area contributed by atoms with E-state index in [4.69, 9.17) is 0 Å². The Labute approximate surface area is 623 Å². The summed E-state index contributed by atoms with van der Waals surface area (Å²) in [7, 11) is 0. The number of hydrogen-bond donors (Lipinski definition) is 2. The van der Waals surface area contributed by atoms with Gasteiger partial charge in [-0.05, 0) is 183 Å². The van der Waals surface area contributed by atoms with E-state index in [9.17, 15) is 0 Å². The van der Waals surface area contributed by atoms with Crippen molar-refractivity contribution in [1.82, 2.24) is 0 Å². The minimum atomic E-state index is -0.660. The van der Waals surface area contributed by atoms with Gasteiger partial charge in [0.05, 0.1) is 10.8 Å². The highest BCUT2D eigenvalue weighted by molar-refractivity contribution is 5.75. The first kappa shape index (κ1) is 66.8. The van der Waals surface area contributed by atoms with Crippen molar-refractivity contribution in [3.63, 3.8) is 0 Å².